The highest BCUT2D eigenvalue weighted by Crippen LogP contribution is 2.23. The molecule has 0 aliphatic carbocycles. The second-order valence-corrected chi connectivity index (χ2v) is 7.04. The van der Waals surface area contributed by atoms with Crippen LogP contribution in [0.1, 0.15) is 12.8 Å². The molecule has 1 aliphatic heterocycles. The average molecular weight is 445 g/mol. The minimum atomic E-state index is -1.77. The predicted molar refractivity (Wildman–Crippen MR) is 98.7 cm³/mol. The molecule has 0 radical (unpaired) electrons. The Morgan fingerprint density at radius 3 is 2.20 bits per heavy atom. The van der Waals surface area contributed by atoms with Crippen LogP contribution in [0, 0.1) is 0 Å². The summed E-state index contributed by atoms with van der Waals surface area (Å²) in [6.07, 6.45) is -12.9. The standard InChI is InChI=1S/C17H35NO12/c1-26-8-11-14(23)15(24)16(25)17(30-11)28-7-10(20)13(22)12(21)9(19)3-6-27-4-2-5-29-18/h9-17,19-25H,2-8,18H2,1H3/t9?,10?,11?,12-,13-,14-,15+,16?,17+/m1/s1. The Balaban J connectivity index is 2.42. The van der Waals surface area contributed by atoms with Crippen molar-refractivity contribution in [3.8, 4) is 0 Å². The molecule has 0 bridgehead atoms. The van der Waals surface area contributed by atoms with Gasteiger partial charge in [-0.2, -0.15) is 0 Å². The molecule has 13 nitrogen and oxygen atoms in total. The van der Waals surface area contributed by atoms with Crippen molar-refractivity contribution < 1.29 is 59.5 Å². The van der Waals surface area contributed by atoms with Crippen molar-refractivity contribution in [2.24, 2.45) is 5.90 Å². The number of aliphatic hydroxyl groups excluding tert-OH is 7. The van der Waals surface area contributed by atoms with E-state index in [4.69, 9.17) is 24.8 Å². The number of ether oxygens (including phenoxy) is 4. The van der Waals surface area contributed by atoms with E-state index in [1.165, 1.54) is 7.11 Å². The number of nitrogens with two attached hydrogens (primary N) is 1. The lowest BCUT2D eigenvalue weighted by molar-refractivity contribution is -0.307. The molecule has 0 aromatic rings. The monoisotopic (exact) mass is 445 g/mol. The van der Waals surface area contributed by atoms with E-state index < -0.39 is 61.7 Å². The van der Waals surface area contributed by atoms with Gasteiger partial charge in [0, 0.05) is 20.3 Å². The SMILES string of the molecule is COCC1O[C@H](OCC(O)[C@@H](O)[C@H](O)C(O)CCOCCCON)C(O)[C@@H](O)[C@@H]1O. The zero-order valence-electron chi connectivity index (χ0n) is 16.9. The first-order valence-electron chi connectivity index (χ1n) is 9.66. The highest BCUT2D eigenvalue weighted by Gasteiger charge is 2.44. The van der Waals surface area contributed by atoms with Gasteiger partial charge in [0.15, 0.2) is 6.29 Å². The molecule has 0 aromatic heterocycles. The molecule has 30 heavy (non-hydrogen) atoms. The first-order chi connectivity index (χ1) is 14.2. The van der Waals surface area contributed by atoms with E-state index in [1.807, 2.05) is 0 Å². The second-order valence-electron chi connectivity index (χ2n) is 7.04. The molecule has 13 heteroatoms. The van der Waals surface area contributed by atoms with Crippen LogP contribution in [0.5, 0.6) is 0 Å². The first-order valence-corrected chi connectivity index (χ1v) is 9.66. The van der Waals surface area contributed by atoms with Crippen molar-refractivity contribution in [1.29, 1.82) is 0 Å². The minimum absolute atomic E-state index is 0.00249. The summed E-state index contributed by atoms with van der Waals surface area (Å²) in [5.74, 6) is 4.86. The normalized spacial score (nSPS) is 31.3. The first kappa shape index (κ1) is 27.5. The van der Waals surface area contributed by atoms with Gasteiger partial charge < -0.3 is 59.5 Å². The van der Waals surface area contributed by atoms with Crippen molar-refractivity contribution in [3.63, 3.8) is 0 Å². The summed E-state index contributed by atoms with van der Waals surface area (Å²) in [5, 5.41) is 69.7. The van der Waals surface area contributed by atoms with Crippen LogP contribution in [-0.2, 0) is 23.8 Å². The summed E-state index contributed by atoms with van der Waals surface area (Å²) >= 11 is 0. The molecule has 1 rings (SSSR count). The molecule has 4 unspecified atom stereocenters. The van der Waals surface area contributed by atoms with Crippen LogP contribution in [0.3, 0.4) is 0 Å². The smallest absolute Gasteiger partial charge is 0.186 e. The third-order valence-electron chi connectivity index (χ3n) is 4.68. The van der Waals surface area contributed by atoms with Gasteiger partial charge in [-0.1, -0.05) is 0 Å². The van der Waals surface area contributed by atoms with Gasteiger partial charge in [0.2, 0.25) is 0 Å². The van der Waals surface area contributed by atoms with Crippen molar-refractivity contribution in [2.75, 3.05) is 40.1 Å². The van der Waals surface area contributed by atoms with Crippen molar-refractivity contribution in [3.05, 3.63) is 0 Å². The molecule has 1 aliphatic rings. The Morgan fingerprint density at radius 2 is 1.57 bits per heavy atom. The maximum absolute atomic E-state index is 10.0. The Bertz CT molecular complexity index is 447. The van der Waals surface area contributed by atoms with Crippen LogP contribution < -0.4 is 5.90 Å². The summed E-state index contributed by atoms with van der Waals surface area (Å²) < 4.78 is 20.6. The summed E-state index contributed by atoms with van der Waals surface area (Å²) in [4.78, 5) is 4.37. The molecule has 1 heterocycles. The molecule has 1 fully saturated rings. The fourth-order valence-corrected chi connectivity index (χ4v) is 2.82. The van der Waals surface area contributed by atoms with Crippen molar-refractivity contribution in [1.82, 2.24) is 0 Å². The van der Waals surface area contributed by atoms with Gasteiger partial charge in [-0.25, -0.2) is 5.90 Å². The Morgan fingerprint density at radius 1 is 0.900 bits per heavy atom. The van der Waals surface area contributed by atoms with Crippen molar-refractivity contribution >= 4 is 0 Å². The van der Waals surface area contributed by atoms with E-state index in [0.29, 0.717) is 19.6 Å². The molecule has 9 N–H and O–H groups in total. The van der Waals surface area contributed by atoms with E-state index in [1.54, 1.807) is 0 Å². The van der Waals surface area contributed by atoms with E-state index in [2.05, 4.69) is 4.84 Å². The van der Waals surface area contributed by atoms with E-state index in [9.17, 15) is 35.7 Å². The van der Waals surface area contributed by atoms with Crippen LogP contribution in [0.15, 0.2) is 0 Å². The lowest BCUT2D eigenvalue weighted by Gasteiger charge is -2.40. The fraction of sp³-hybridized carbons (Fsp3) is 1.00. The van der Waals surface area contributed by atoms with Gasteiger partial charge in [0.1, 0.15) is 42.7 Å². The zero-order valence-corrected chi connectivity index (χ0v) is 16.9. The third-order valence-corrected chi connectivity index (χ3v) is 4.68. The fourth-order valence-electron chi connectivity index (χ4n) is 2.82. The van der Waals surface area contributed by atoms with Crippen LogP contribution in [0.2, 0.25) is 0 Å². The molecule has 0 amide bonds. The molecular weight excluding hydrogens is 410 g/mol. The Kier molecular flexibility index (Phi) is 13.3. The van der Waals surface area contributed by atoms with Gasteiger partial charge in [0.05, 0.1) is 25.9 Å². The molecule has 9 atom stereocenters. The highest BCUT2D eigenvalue weighted by molar-refractivity contribution is 4.89. The number of aliphatic hydroxyl groups is 7. The molecular formula is C17H35NO12. The quantitative estimate of drug-likeness (QED) is 0.0884. The Hall–Kier alpha value is -0.520. The van der Waals surface area contributed by atoms with E-state index >= 15 is 0 Å². The summed E-state index contributed by atoms with van der Waals surface area (Å²) in [5.41, 5.74) is 0. The van der Waals surface area contributed by atoms with Crippen LogP contribution >= 0.6 is 0 Å². The Labute approximate surface area is 174 Å². The molecule has 1 saturated heterocycles. The summed E-state index contributed by atoms with van der Waals surface area (Å²) in [6, 6.07) is 0. The molecule has 180 valence electrons. The maximum Gasteiger partial charge on any atom is 0.186 e. The third kappa shape index (κ3) is 8.55. The highest BCUT2D eigenvalue weighted by atomic mass is 16.7. The van der Waals surface area contributed by atoms with Crippen LogP contribution in [-0.4, -0.2) is 131 Å². The van der Waals surface area contributed by atoms with Gasteiger partial charge in [-0.05, 0) is 12.8 Å². The topological polar surface area (TPSA) is 214 Å². The largest absolute Gasteiger partial charge is 0.390 e. The summed E-state index contributed by atoms with van der Waals surface area (Å²) in [6.45, 7) is 0.0867. The summed E-state index contributed by atoms with van der Waals surface area (Å²) in [7, 11) is 1.36. The average Bonchev–Trinajstić information content (AvgIpc) is 2.74. The lowest BCUT2D eigenvalue weighted by Crippen LogP contribution is -2.59. The van der Waals surface area contributed by atoms with E-state index in [0.717, 1.165) is 0 Å². The zero-order chi connectivity index (χ0) is 22.7. The lowest BCUT2D eigenvalue weighted by atomic mass is 9.99. The van der Waals surface area contributed by atoms with Crippen molar-refractivity contribution in [2.45, 2.75) is 68.0 Å². The number of hydrogen-bond acceptors (Lipinski definition) is 13. The van der Waals surface area contributed by atoms with Crippen LogP contribution in [0.4, 0.5) is 0 Å². The molecule has 0 spiro atoms. The van der Waals surface area contributed by atoms with Crippen LogP contribution in [0.25, 0.3) is 0 Å². The molecule has 0 saturated carbocycles. The molecule has 0 aromatic carbocycles. The number of hydrogen-bond donors (Lipinski definition) is 8. The van der Waals surface area contributed by atoms with Gasteiger partial charge >= 0.3 is 0 Å². The van der Waals surface area contributed by atoms with Gasteiger partial charge in [-0.15, -0.1) is 0 Å². The predicted octanol–water partition coefficient (Wildman–Crippen LogP) is -4.41. The van der Waals surface area contributed by atoms with Gasteiger partial charge in [0.25, 0.3) is 0 Å². The number of methoxy groups -OCH3 is 1. The maximum atomic E-state index is 10.0. The minimum Gasteiger partial charge on any atom is -0.390 e. The number of rotatable bonds is 15. The van der Waals surface area contributed by atoms with E-state index in [-0.39, 0.29) is 19.6 Å². The second kappa shape index (κ2) is 14.5. The van der Waals surface area contributed by atoms with Gasteiger partial charge in [-0.3, -0.25) is 0 Å².